The molecule has 0 aliphatic carbocycles. The number of aryl methyl sites for hydroxylation is 2. The van der Waals surface area contributed by atoms with Crippen LogP contribution in [0.3, 0.4) is 0 Å². The van der Waals surface area contributed by atoms with Gasteiger partial charge in [0.05, 0.1) is 6.61 Å². The zero-order chi connectivity index (χ0) is 49.7. The summed E-state index contributed by atoms with van der Waals surface area (Å²) in [6, 6.07) is 16.7. The van der Waals surface area contributed by atoms with E-state index in [1.807, 2.05) is 12.1 Å². The fourth-order valence-corrected chi connectivity index (χ4v) is 10.2. The van der Waals surface area contributed by atoms with Gasteiger partial charge in [0.1, 0.15) is 24.9 Å². The van der Waals surface area contributed by atoms with E-state index in [1.165, 1.54) is 165 Å². The van der Waals surface area contributed by atoms with E-state index in [4.69, 9.17) is 28.4 Å². The van der Waals surface area contributed by atoms with E-state index in [0.717, 1.165) is 75.3 Å². The molecule has 0 saturated carbocycles. The molecule has 2 fully saturated rings. The Hall–Kier alpha value is -2.78. The van der Waals surface area contributed by atoms with E-state index in [0.29, 0.717) is 12.8 Å². The highest BCUT2D eigenvalue weighted by Gasteiger charge is 2.50. The summed E-state index contributed by atoms with van der Waals surface area (Å²) in [6.45, 7) is 9.07. The maximum atomic E-state index is 13.8. The van der Waals surface area contributed by atoms with Gasteiger partial charge in [-0.1, -0.05) is 269 Å². The number of rotatable bonds is 42. The van der Waals surface area contributed by atoms with Crippen LogP contribution in [0.2, 0.25) is 0 Å². The third kappa shape index (κ3) is 25.2. The molecule has 2 saturated heterocycles. The summed E-state index contributed by atoms with van der Waals surface area (Å²) in [5.74, 6) is -0.580. The van der Waals surface area contributed by atoms with Crippen LogP contribution in [-0.2, 0) is 50.9 Å². The summed E-state index contributed by atoms with van der Waals surface area (Å²) < 4.78 is 38.8. The molecule has 0 bridgehead atoms. The highest BCUT2D eigenvalue weighted by Crippen LogP contribution is 2.40. The van der Waals surface area contributed by atoms with Crippen molar-refractivity contribution >= 4 is 11.9 Å². The normalized spacial score (nSPS) is 19.5. The maximum absolute atomic E-state index is 13.8. The van der Waals surface area contributed by atoms with E-state index in [9.17, 15) is 9.59 Å². The molecule has 0 amide bonds. The number of unbranched alkanes of at least 4 members (excludes halogenated alkanes) is 28. The van der Waals surface area contributed by atoms with Crippen LogP contribution in [0.4, 0.5) is 0 Å². The van der Waals surface area contributed by atoms with Gasteiger partial charge in [-0.15, -0.1) is 0 Å². The first kappa shape index (κ1) is 59.8. The van der Waals surface area contributed by atoms with Crippen molar-refractivity contribution in [1.29, 1.82) is 0 Å². The van der Waals surface area contributed by atoms with Crippen LogP contribution in [0.5, 0.6) is 0 Å². The highest BCUT2D eigenvalue weighted by molar-refractivity contribution is 5.70. The zero-order valence-electron chi connectivity index (χ0n) is 45.2. The van der Waals surface area contributed by atoms with E-state index in [1.54, 1.807) is 0 Å². The second-order valence-corrected chi connectivity index (χ2v) is 21.0. The molecule has 0 spiro atoms. The van der Waals surface area contributed by atoms with E-state index in [-0.39, 0.29) is 25.2 Å². The van der Waals surface area contributed by atoms with Gasteiger partial charge in [-0.2, -0.15) is 0 Å². The molecule has 398 valence electrons. The third-order valence-corrected chi connectivity index (χ3v) is 14.6. The minimum atomic E-state index is -0.891. The average Bonchev–Trinajstić information content (AvgIpc) is 3.37. The molecule has 2 heterocycles. The SMILES string of the molecule is CCCCCCCCCCCCCCCCCC(=O)OCC(OC(=O)CCCCCCCCCCCCCCCCC)C1OC(c2ccc(CCC)cc2)OC2COC(c3ccc(CCC)cc3)OC21. The predicted molar refractivity (Wildman–Crippen MR) is 287 cm³/mol. The van der Waals surface area contributed by atoms with Crippen molar-refractivity contribution in [1.82, 2.24) is 0 Å². The van der Waals surface area contributed by atoms with Crippen LogP contribution in [-0.4, -0.2) is 49.6 Å². The summed E-state index contributed by atoms with van der Waals surface area (Å²) in [5, 5.41) is 0. The molecule has 6 atom stereocenters. The number of fused-ring (bicyclic) bond motifs is 1. The third-order valence-electron chi connectivity index (χ3n) is 14.6. The molecule has 2 aliphatic rings. The van der Waals surface area contributed by atoms with Crippen molar-refractivity contribution in [3.05, 3.63) is 70.8 Å². The predicted octanol–water partition coefficient (Wildman–Crippen LogP) is 17.5. The maximum Gasteiger partial charge on any atom is 0.306 e. The molecule has 8 heteroatoms. The molecule has 0 aromatic heterocycles. The average molecular weight is 975 g/mol. The lowest BCUT2D eigenvalue weighted by Gasteiger charge is -2.47. The number of esters is 2. The van der Waals surface area contributed by atoms with Crippen LogP contribution in [0.15, 0.2) is 48.5 Å². The van der Waals surface area contributed by atoms with E-state index in [2.05, 4.69) is 64.1 Å². The summed E-state index contributed by atoms with van der Waals surface area (Å²) in [7, 11) is 0. The molecular weight excluding hydrogens is 873 g/mol. The van der Waals surface area contributed by atoms with Gasteiger partial charge < -0.3 is 28.4 Å². The molecule has 2 aromatic rings. The second-order valence-electron chi connectivity index (χ2n) is 21.0. The van der Waals surface area contributed by atoms with Crippen LogP contribution in [0.1, 0.15) is 281 Å². The Morgan fingerprint density at radius 3 is 1.26 bits per heavy atom. The van der Waals surface area contributed by atoms with Gasteiger partial charge in [0.25, 0.3) is 0 Å². The lowest BCUT2D eigenvalue weighted by molar-refractivity contribution is -0.373. The quantitative estimate of drug-likeness (QED) is 0.0480. The van der Waals surface area contributed by atoms with E-state index >= 15 is 0 Å². The monoisotopic (exact) mass is 975 g/mol. The fraction of sp³-hybridized carbons (Fsp3) is 0.774. The smallest absolute Gasteiger partial charge is 0.306 e. The largest absolute Gasteiger partial charge is 0.462 e. The number of benzene rings is 2. The summed E-state index contributed by atoms with van der Waals surface area (Å²) in [6.07, 6.45) is 38.5. The number of ether oxygens (including phenoxy) is 6. The van der Waals surface area contributed by atoms with Crippen LogP contribution in [0.25, 0.3) is 0 Å². The Balaban J connectivity index is 1.32. The lowest BCUT2D eigenvalue weighted by Crippen LogP contribution is -2.59. The van der Waals surface area contributed by atoms with Crippen LogP contribution in [0, 0.1) is 0 Å². The topological polar surface area (TPSA) is 89.5 Å². The first-order valence-corrected chi connectivity index (χ1v) is 29.6. The van der Waals surface area contributed by atoms with Gasteiger partial charge in [-0.05, 0) is 36.8 Å². The Morgan fingerprint density at radius 1 is 0.457 bits per heavy atom. The minimum Gasteiger partial charge on any atom is -0.462 e. The summed E-state index contributed by atoms with van der Waals surface area (Å²) in [5.41, 5.74) is 4.29. The van der Waals surface area contributed by atoms with Gasteiger partial charge in [0.2, 0.25) is 0 Å². The van der Waals surface area contributed by atoms with Crippen molar-refractivity contribution in [3.8, 4) is 0 Å². The molecule has 0 radical (unpaired) electrons. The number of hydrogen-bond acceptors (Lipinski definition) is 8. The van der Waals surface area contributed by atoms with Gasteiger partial charge in [-0.25, -0.2) is 0 Å². The number of hydrogen-bond donors (Lipinski definition) is 0. The molecule has 70 heavy (non-hydrogen) atoms. The first-order valence-electron chi connectivity index (χ1n) is 29.6. The van der Waals surface area contributed by atoms with Crippen molar-refractivity contribution < 1.29 is 38.0 Å². The Bertz CT molecular complexity index is 1580. The molecule has 2 aromatic carbocycles. The van der Waals surface area contributed by atoms with Gasteiger partial charge in [0, 0.05) is 24.0 Å². The van der Waals surface area contributed by atoms with Crippen LogP contribution >= 0.6 is 0 Å². The molecule has 8 nitrogen and oxygen atoms in total. The van der Waals surface area contributed by atoms with Crippen molar-refractivity contribution in [2.45, 2.75) is 296 Å². The van der Waals surface area contributed by atoms with Crippen LogP contribution < -0.4 is 0 Å². The number of carbonyl (C=O) groups excluding carboxylic acids is 2. The summed E-state index contributed by atoms with van der Waals surface area (Å²) >= 11 is 0. The van der Waals surface area contributed by atoms with Crippen molar-refractivity contribution in [2.24, 2.45) is 0 Å². The van der Waals surface area contributed by atoms with Crippen molar-refractivity contribution in [3.63, 3.8) is 0 Å². The molecule has 2 aliphatic heterocycles. The van der Waals surface area contributed by atoms with Crippen molar-refractivity contribution in [2.75, 3.05) is 13.2 Å². The van der Waals surface area contributed by atoms with E-state index < -0.39 is 37.0 Å². The highest BCUT2D eigenvalue weighted by atomic mass is 16.8. The standard InChI is InChI=1S/C62H102O8/c1-5-9-11-13-15-17-19-21-23-25-27-29-31-33-35-39-57(63)65-49-55(67-58(64)40-36-34-32-30-28-26-24-22-20-18-16-14-12-10-6-2)59-60-56(68-62(70-59)54-47-43-52(38-8-4)44-48-54)50-66-61(69-60)53-45-41-51(37-7-3)42-46-53/h41-48,55-56,59-62H,5-40,49-50H2,1-4H3. The minimum absolute atomic E-state index is 0.112. The zero-order valence-corrected chi connectivity index (χ0v) is 45.2. The summed E-state index contributed by atoms with van der Waals surface area (Å²) in [4.78, 5) is 27.1. The Labute approximate surface area is 428 Å². The molecule has 0 N–H and O–H groups in total. The number of carbonyl (C=O) groups is 2. The van der Waals surface area contributed by atoms with Gasteiger partial charge >= 0.3 is 11.9 Å². The lowest BCUT2D eigenvalue weighted by atomic mass is 9.98. The molecule has 4 rings (SSSR count). The molecule has 6 unspecified atom stereocenters. The Kier molecular flexibility index (Phi) is 33.1. The fourth-order valence-electron chi connectivity index (χ4n) is 10.2. The molecular formula is C62H102O8. The van der Waals surface area contributed by atoms with Gasteiger partial charge in [-0.3, -0.25) is 9.59 Å². The van der Waals surface area contributed by atoms with Gasteiger partial charge in [0.15, 0.2) is 18.7 Å². The first-order chi connectivity index (χ1) is 34.4. The second kappa shape index (κ2) is 38.8. The Morgan fingerprint density at radius 2 is 0.843 bits per heavy atom.